The normalized spacial score (nSPS) is 26.2. The molecule has 110 valence electrons. The van der Waals surface area contributed by atoms with E-state index >= 15 is 0 Å². The Bertz CT molecular complexity index is 487. The third kappa shape index (κ3) is 2.48. The summed E-state index contributed by atoms with van der Waals surface area (Å²) < 4.78 is 6.02. The van der Waals surface area contributed by atoms with Gasteiger partial charge in [-0.3, -0.25) is 11.3 Å². The Balaban J connectivity index is 1.84. The number of ether oxygens (including phenoxy) is 1. The molecule has 1 aromatic carbocycles. The zero-order valence-electron chi connectivity index (χ0n) is 12.0. The van der Waals surface area contributed by atoms with Crippen LogP contribution >= 0.6 is 11.6 Å². The fourth-order valence-electron chi connectivity index (χ4n) is 3.71. The highest BCUT2D eigenvalue weighted by molar-refractivity contribution is 6.31. The number of hydrazine groups is 1. The minimum atomic E-state index is 0.143. The smallest absolute Gasteiger partial charge is 0.0686 e. The van der Waals surface area contributed by atoms with Crippen LogP contribution in [0.3, 0.4) is 0 Å². The number of benzene rings is 1. The van der Waals surface area contributed by atoms with Crippen molar-refractivity contribution in [3.63, 3.8) is 0 Å². The average molecular weight is 295 g/mol. The first kappa shape index (κ1) is 14.3. The Labute approximate surface area is 125 Å². The van der Waals surface area contributed by atoms with E-state index in [1.54, 1.807) is 0 Å². The Morgan fingerprint density at radius 2 is 2.25 bits per heavy atom. The van der Waals surface area contributed by atoms with E-state index in [4.69, 9.17) is 22.2 Å². The molecule has 0 amide bonds. The van der Waals surface area contributed by atoms with Crippen LogP contribution in [-0.4, -0.2) is 12.2 Å². The molecule has 1 saturated heterocycles. The lowest BCUT2D eigenvalue weighted by Gasteiger charge is -2.48. The molecule has 0 bridgehead atoms. The van der Waals surface area contributed by atoms with Gasteiger partial charge in [-0.25, -0.2) is 0 Å². The molecule has 1 spiro atoms. The molecule has 1 aliphatic carbocycles. The molecule has 1 aliphatic heterocycles. The van der Waals surface area contributed by atoms with E-state index in [9.17, 15) is 0 Å². The van der Waals surface area contributed by atoms with Gasteiger partial charge in [-0.1, -0.05) is 23.7 Å². The molecule has 3 N–H and O–H groups in total. The maximum Gasteiger partial charge on any atom is 0.0686 e. The molecule has 0 radical (unpaired) electrons. The number of hydrogen-bond donors (Lipinski definition) is 2. The summed E-state index contributed by atoms with van der Waals surface area (Å²) in [7, 11) is 0. The molecule has 20 heavy (non-hydrogen) atoms. The van der Waals surface area contributed by atoms with Gasteiger partial charge < -0.3 is 4.74 Å². The molecule has 3 nitrogen and oxygen atoms in total. The maximum atomic E-state index is 6.26. The van der Waals surface area contributed by atoms with Crippen molar-refractivity contribution in [1.29, 1.82) is 0 Å². The highest BCUT2D eigenvalue weighted by Gasteiger charge is 2.44. The maximum absolute atomic E-state index is 6.26. The SMILES string of the molecule is Cc1c(Cl)cccc1C(NN)C1CCOC2(CCC2)C1. The van der Waals surface area contributed by atoms with E-state index in [0.29, 0.717) is 5.92 Å². The number of nitrogens with two attached hydrogens (primary N) is 1. The zero-order valence-corrected chi connectivity index (χ0v) is 12.7. The van der Waals surface area contributed by atoms with E-state index in [-0.39, 0.29) is 11.6 Å². The summed E-state index contributed by atoms with van der Waals surface area (Å²) in [5.74, 6) is 6.39. The molecule has 3 rings (SSSR count). The minimum absolute atomic E-state index is 0.143. The van der Waals surface area contributed by atoms with Gasteiger partial charge in [-0.05, 0) is 62.1 Å². The van der Waals surface area contributed by atoms with Crippen molar-refractivity contribution in [2.75, 3.05) is 6.61 Å². The van der Waals surface area contributed by atoms with E-state index in [2.05, 4.69) is 18.4 Å². The lowest BCUT2D eigenvalue weighted by atomic mass is 9.69. The topological polar surface area (TPSA) is 47.3 Å². The summed E-state index contributed by atoms with van der Waals surface area (Å²) in [6.07, 6.45) is 5.87. The molecule has 2 unspecified atom stereocenters. The number of rotatable bonds is 3. The quantitative estimate of drug-likeness (QED) is 0.662. The van der Waals surface area contributed by atoms with Crippen LogP contribution < -0.4 is 11.3 Å². The fourth-order valence-corrected chi connectivity index (χ4v) is 3.89. The van der Waals surface area contributed by atoms with Crippen molar-refractivity contribution < 1.29 is 4.74 Å². The zero-order chi connectivity index (χ0) is 14.2. The first-order valence-corrected chi connectivity index (χ1v) is 7.88. The Kier molecular flexibility index (Phi) is 4.04. The van der Waals surface area contributed by atoms with Gasteiger partial charge in [-0.2, -0.15) is 0 Å². The lowest BCUT2D eigenvalue weighted by molar-refractivity contribution is -0.147. The van der Waals surface area contributed by atoms with Crippen molar-refractivity contribution in [3.8, 4) is 0 Å². The first-order valence-electron chi connectivity index (χ1n) is 7.50. The van der Waals surface area contributed by atoms with E-state index < -0.39 is 0 Å². The van der Waals surface area contributed by atoms with Crippen LogP contribution in [0.2, 0.25) is 5.02 Å². The third-order valence-electron chi connectivity index (χ3n) is 5.09. The van der Waals surface area contributed by atoms with Crippen molar-refractivity contribution in [2.24, 2.45) is 11.8 Å². The van der Waals surface area contributed by atoms with Crippen molar-refractivity contribution in [1.82, 2.24) is 5.43 Å². The first-order chi connectivity index (χ1) is 9.65. The van der Waals surface area contributed by atoms with Crippen molar-refractivity contribution in [3.05, 3.63) is 34.3 Å². The van der Waals surface area contributed by atoms with Gasteiger partial charge in [0.25, 0.3) is 0 Å². The number of nitrogens with one attached hydrogen (secondary N) is 1. The van der Waals surface area contributed by atoms with Crippen LogP contribution in [0.4, 0.5) is 0 Å². The molecule has 2 atom stereocenters. The van der Waals surface area contributed by atoms with Crippen LogP contribution in [0.1, 0.15) is 49.3 Å². The largest absolute Gasteiger partial charge is 0.375 e. The van der Waals surface area contributed by atoms with Crippen LogP contribution in [0.5, 0.6) is 0 Å². The predicted molar refractivity (Wildman–Crippen MR) is 81.5 cm³/mol. The minimum Gasteiger partial charge on any atom is -0.375 e. The Morgan fingerprint density at radius 3 is 2.90 bits per heavy atom. The number of halogens is 1. The molecule has 1 saturated carbocycles. The van der Waals surface area contributed by atoms with Crippen LogP contribution in [0.15, 0.2) is 18.2 Å². The Hall–Kier alpha value is -0.610. The Morgan fingerprint density at radius 1 is 1.45 bits per heavy atom. The highest BCUT2D eigenvalue weighted by atomic mass is 35.5. The fraction of sp³-hybridized carbons (Fsp3) is 0.625. The summed E-state index contributed by atoms with van der Waals surface area (Å²) in [5.41, 5.74) is 5.53. The van der Waals surface area contributed by atoms with E-state index in [0.717, 1.165) is 30.0 Å². The van der Waals surface area contributed by atoms with Gasteiger partial charge in [0.15, 0.2) is 0 Å². The molecule has 4 heteroatoms. The van der Waals surface area contributed by atoms with Crippen molar-refractivity contribution in [2.45, 2.75) is 50.7 Å². The predicted octanol–water partition coefficient (Wildman–Crippen LogP) is 3.50. The highest BCUT2D eigenvalue weighted by Crippen LogP contribution is 2.47. The van der Waals surface area contributed by atoms with Crippen LogP contribution in [0, 0.1) is 12.8 Å². The summed E-state index contributed by atoms with van der Waals surface area (Å²) in [4.78, 5) is 0. The van der Waals surface area contributed by atoms with E-state index in [1.165, 1.54) is 24.8 Å². The van der Waals surface area contributed by atoms with Crippen LogP contribution in [0.25, 0.3) is 0 Å². The molecule has 1 heterocycles. The van der Waals surface area contributed by atoms with Crippen molar-refractivity contribution >= 4 is 11.6 Å². The molecule has 0 aromatic heterocycles. The summed E-state index contributed by atoms with van der Waals surface area (Å²) in [6, 6.07) is 6.24. The second-order valence-corrected chi connectivity index (χ2v) is 6.64. The van der Waals surface area contributed by atoms with Gasteiger partial charge in [0.05, 0.1) is 5.60 Å². The third-order valence-corrected chi connectivity index (χ3v) is 5.50. The molecule has 2 aliphatic rings. The number of hydrogen-bond acceptors (Lipinski definition) is 3. The van der Waals surface area contributed by atoms with E-state index in [1.807, 2.05) is 12.1 Å². The molecular weight excluding hydrogens is 272 g/mol. The standard InChI is InChI=1S/C16H23ClN2O/c1-11-13(4-2-5-14(11)17)15(19-18)12-6-9-20-16(10-12)7-3-8-16/h2,4-5,12,15,19H,3,6-10,18H2,1H3. The summed E-state index contributed by atoms with van der Waals surface area (Å²) in [6.45, 7) is 2.92. The molecule has 2 fully saturated rings. The molecule has 1 aromatic rings. The second kappa shape index (κ2) is 5.64. The monoisotopic (exact) mass is 294 g/mol. The van der Waals surface area contributed by atoms with Gasteiger partial charge >= 0.3 is 0 Å². The summed E-state index contributed by atoms with van der Waals surface area (Å²) in [5, 5.41) is 0.813. The van der Waals surface area contributed by atoms with Crippen LogP contribution in [-0.2, 0) is 4.74 Å². The lowest BCUT2D eigenvalue weighted by Crippen LogP contribution is -2.48. The average Bonchev–Trinajstić information content (AvgIpc) is 2.43. The van der Waals surface area contributed by atoms with Gasteiger partial charge in [0, 0.05) is 17.7 Å². The second-order valence-electron chi connectivity index (χ2n) is 6.24. The van der Waals surface area contributed by atoms with Gasteiger partial charge in [0.2, 0.25) is 0 Å². The molecular formula is C16H23ClN2O. The van der Waals surface area contributed by atoms with Gasteiger partial charge in [-0.15, -0.1) is 0 Å². The van der Waals surface area contributed by atoms with Gasteiger partial charge in [0.1, 0.15) is 0 Å². The summed E-state index contributed by atoms with van der Waals surface area (Å²) >= 11 is 6.26.